The second-order valence-corrected chi connectivity index (χ2v) is 3.54. The molecule has 5 nitrogen and oxygen atoms in total. The van der Waals surface area contributed by atoms with Gasteiger partial charge in [-0.2, -0.15) is 0 Å². The summed E-state index contributed by atoms with van der Waals surface area (Å²) < 4.78 is 4.96. The van der Waals surface area contributed by atoms with E-state index in [1.54, 1.807) is 12.1 Å². The smallest absolute Gasteiger partial charge is 0.330 e. The highest BCUT2D eigenvalue weighted by Gasteiger charge is 2.11. The summed E-state index contributed by atoms with van der Waals surface area (Å²) in [6, 6.07) is 6.29. The monoisotopic (exact) mass is 248 g/mol. The van der Waals surface area contributed by atoms with E-state index in [0.29, 0.717) is 6.29 Å². The van der Waals surface area contributed by atoms with Gasteiger partial charge in [-0.25, -0.2) is 4.79 Å². The first-order chi connectivity index (χ1) is 8.54. The standard InChI is InChI=1S/C13H12O5/c1-9(13(16)17)6-7-12(15)18-11-5-3-2-4-10(11)8-14/h2-5,8H,1,6-7H2,(H,16,17). The third-order valence-corrected chi connectivity index (χ3v) is 2.20. The number of hydrogen-bond donors (Lipinski definition) is 1. The van der Waals surface area contributed by atoms with Gasteiger partial charge in [0.2, 0.25) is 0 Å². The van der Waals surface area contributed by atoms with Crippen LogP contribution in [0.15, 0.2) is 36.4 Å². The molecule has 18 heavy (non-hydrogen) atoms. The zero-order chi connectivity index (χ0) is 13.5. The number of carboxylic acids is 1. The minimum absolute atomic E-state index is 0.0113. The second kappa shape index (κ2) is 6.34. The molecule has 1 aromatic rings. The summed E-state index contributed by atoms with van der Waals surface area (Å²) in [6.45, 7) is 3.30. The number of carboxylic acid groups (broad SMARTS) is 1. The Balaban J connectivity index is 2.57. The molecule has 94 valence electrons. The van der Waals surface area contributed by atoms with E-state index in [4.69, 9.17) is 9.84 Å². The fourth-order valence-electron chi connectivity index (χ4n) is 1.20. The molecule has 0 aliphatic rings. The average molecular weight is 248 g/mol. The van der Waals surface area contributed by atoms with Gasteiger partial charge in [-0.1, -0.05) is 18.7 Å². The van der Waals surface area contributed by atoms with Crippen LogP contribution in [0.3, 0.4) is 0 Å². The predicted molar refractivity (Wildman–Crippen MR) is 63.5 cm³/mol. The van der Waals surface area contributed by atoms with Gasteiger partial charge in [-0.05, 0) is 18.6 Å². The quantitative estimate of drug-likeness (QED) is 0.359. The van der Waals surface area contributed by atoms with E-state index in [0.717, 1.165) is 0 Å². The van der Waals surface area contributed by atoms with E-state index in [9.17, 15) is 14.4 Å². The van der Waals surface area contributed by atoms with Crippen LogP contribution in [0, 0.1) is 0 Å². The summed E-state index contributed by atoms with van der Waals surface area (Å²) in [4.78, 5) is 32.6. The second-order valence-electron chi connectivity index (χ2n) is 3.54. The van der Waals surface area contributed by atoms with Crippen molar-refractivity contribution in [3.8, 4) is 5.75 Å². The van der Waals surface area contributed by atoms with Crippen LogP contribution in [0.5, 0.6) is 5.75 Å². The third kappa shape index (κ3) is 3.86. The van der Waals surface area contributed by atoms with Crippen LogP contribution in [0.25, 0.3) is 0 Å². The Kier molecular flexibility index (Phi) is 4.80. The lowest BCUT2D eigenvalue weighted by Gasteiger charge is -2.06. The Bertz CT molecular complexity index is 490. The fourth-order valence-corrected chi connectivity index (χ4v) is 1.20. The Hall–Kier alpha value is -2.43. The molecule has 0 aliphatic heterocycles. The van der Waals surface area contributed by atoms with Crippen LogP contribution in [-0.2, 0) is 9.59 Å². The highest BCUT2D eigenvalue weighted by molar-refractivity contribution is 5.87. The van der Waals surface area contributed by atoms with E-state index in [-0.39, 0.29) is 29.7 Å². The largest absolute Gasteiger partial charge is 0.478 e. The number of aliphatic carboxylic acids is 1. The van der Waals surface area contributed by atoms with Gasteiger partial charge in [-0.15, -0.1) is 0 Å². The van der Waals surface area contributed by atoms with Crippen molar-refractivity contribution < 1.29 is 24.2 Å². The molecule has 0 bridgehead atoms. The van der Waals surface area contributed by atoms with E-state index < -0.39 is 11.9 Å². The van der Waals surface area contributed by atoms with Crippen LogP contribution in [0.4, 0.5) is 0 Å². The highest BCUT2D eigenvalue weighted by Crippen LogP contribution is 2.17. The number of rotatable bonds is 6. The Morgan fingerprint density at radius 1 is 1.28 bits per heavy atom. The molecule has 0 fully saturated rings. The average Bonchev–Trinajstić information content (AvgIpc) is 2.36. The van der Waals surface area contributed by atoms with Gasteiger partial charge in [0.15, 0.2) is 6.29 Å². The lowest BCUT2D eigenvalue weighted by Crippen LogP contribution is -2.10. The number of para-hydroxylation sites is 1. The van der Waals surface area contributed by atoms with Crippen molar-refractivity contribution in [2.24, 2.45) is 0 Å². The van der Waals surface area contributed by atoms with Gasteiger partial charge in [0, 0.05) is 5.57 Å². The zero-order valence-corrected chi connectivity index (χ0v) is 9.59. The molecule has 0 atom stereocenters. The molecule has 1 aromatic carbocycles. The highest BCUT2D eigenvalue weighted by atomic mass is 16.5. The molecule has 0 saturated carbocycles. The number of aldehydes is 1. The summed E-state index contributed by atoms with van der Waals surface area (Å²) in [7, 11) is 0. The number of carbonyl (C=O) groups is 3. The number of carbonyl (C=O) groups excluding carboxylic acids is 2. The van der Waals surface area contributed by atoms with Gasteiger partial charge in [0.1, 0.15) is 5.75 Å². The molecule has 1 rings (SSSR count). The summed E-state index contributed by atoms with van der Waals surface area (Å²) in [6.07, 6.45) is 0.495. The third-order valence-electron chi connectivity index (χ3n) is 2.20. The van der Waals surface area contributed by atoms with Gasteiger partial charge >= 0.3 is 11.9 Å². The van der Waals surface area contributed by atoms with Crippen LogP contribution in [-0.4, -0.2) is 23.3 Å². The molecule has 0 unspecified atom stereocenters. The topological polar surface area (TPSA) is 80.7 Å². The normalized spacial score (nSPS) is 9.56. The first-order valence-corrected chi connectivity index (χ1v) is 5.20. The van der Waals surface area contributed by atoms with E-state index in [2.05, 4.69) is 6.58 Å². The molecule has 1 N–H and O–H groups in total. The first-order valence-electron chi connectivity index (χ1n) is 5.20. The van der Waals surface area contributed by atoms with Crippen molar-refractivity contribution in [1.82, 2.24) is 0 Å². The molecule has 0 saturated heterocycles. The maximum absolute atomic E-state index is 11.4. The van der Waals surface area contributed by atoms with Crippen LogP contribution in [0.2, 0.25) is 0 Å². The van der Waals surface area contributed by atoms with Crippen molar-refractivity contribution in [2.75, 3.05) is 0 Å². The van der Waals surface area contributed by atoms with Crippen molar-refractivity contribution in [2.45, 2.75) is 12.8 Å². The van der Waals surface area contributed by atoms with Gasteiger partial charge in [-0.3, -0.25) is 9.59 Å². The first kappa shape index (κ1) is 13.6. The van der Waals surface area contributed by atoms with Gasteiger partial charge < -0.3 is 9.84 Å². The molecule has 0 aliphatic carbocycles. The van der Waals surface area contributed by atoms with Gasteiger partial charge in [0.05, 0.1) is 12.0 Å². The molecule has 0 heterocycles. The van der Waals surface area contributed by atoms with Crippen molar-refractivity contribution in [3.63, 3.8) is 0 Å². The Labute approximate surface area is 104 Å². The van der Waals surface area contributed by atoms with Crippen LogP contribution < -0.4 is 4.74 Å². The fraction of sp³-hybridized carbons (Fsp3) is 0.154. The summed E-state index contributed by atoms with van der Waals surface area (Å²) in [5.74, 6) is -1.58. The predicted octanol–water partition coefficient (Wildman–Crippen LogP) is 1.83. The number of esters is 1. The molecule has 0 aromatic heterocycles. The molecular formula is C13H12O5. The van der Waals surface area contributed by atoms with Crippen molar-refractivity contribution >= 4 is 18.2 Å². The lowest BCUT2D eigenvalue weighted by molar-refractivity contribution is -0.134. The minimum Gasteiger partial charge on any atom is -0.478 e. The maximum Gasteiger partial charge on any atom is 0.330 e. The Morgan fingerprint density at radius 2 is 1.94 bits per heavy atom. The van der Waals surface area contributed by atoms with E-state index in [1.165, 1.54) is 12.1 Å². The molecule has 5 heteroatoms. The number of ether oxygens (including phenoxy) is 1. The lowest BCUT2D eigenvalue weighted by atomic mass is 10.1. The van der Waals surface area contributed by atoms with E-state index in [1.807, 2.05) is 0 Å². The minimum atomic E-state index is -1.14. The van der Waals surface area contributed by atoms with Crippen LogP contribution in [0.1, 0.15) is 23.2 Å². The number of hydrogen-bond acceptors (Lipinski definition) is 4. The SMILES string of the molecule is C=C(CCC(=O)Oc1ccccc1C=O)C(=O)O. The molecule has 0 amide bonds. The molecule has 0 spiro atoms. The molecular weight excluding hydrogens is 236 g/mol. The number of benzene rings is 1. The van der Waals surface area contributed by atoms with E-state index >= 15 is 0 Å². The van der Waals surface area contributed by atoms with Crippen molar-refractivity contribution in [3.05, 3.63) is 42.0 Å². The Morgan fingerprint density at radius 3 is 2.56 bits per heavy atom. The van der Waals surface area contributed by atoms with Crippen molar-refractivity contribution in [1.29, 1.82) is 0 Å². The van der Waals surface area contributed by atoms with Gasteiger partial charge in [0.25, 0.3) is 0 Å². The zero-order valence-electron chi connectivity index (χ0n) is 9.59. The maximum atomic E-state index is 11.4. The summed E-state index contributed by atoms with van der Waals surface area (Å²) in [5.41, 5.74) is 0.207. The summed E-state index contributed by atoms with van der Waals surface area (Å²) >= 11 is 0. The summed E-state index contributed by atoms with van der Waals surface area (Å²) in [5, 5.41) is 8.57. The molecule has 0 radical (unpaired) electrons. The van der Waals surface area contributed by atoms with Crippen LogP contribution >= 0.6 is 0 Å².